The zero-order valence-electron chi connectivity index (χ0n) is 18.2. The Morgan fingerprint density at radius 1 is 1.18 bits per heavy atom. The molecule has 4 rings (SSSR count). The van der Waals surface area contributed by atoms with Crippen molar-refractivity contribution < 1.29 is 22.8 Å². The molecular formula is C23H22N4O5S. The van der Waals surface area contributed by atoms with E-state index < -0.39 is 39.8 Å². The van der Waals surface area contributed by atoms with E-state index >= 15 is 0 Å². The Morgan fingerprint density at radius 3 is 2.52 bits per heavy atom. The number of carbonyl (C=O) groups excluding carboxylic acids is 3. The number of urea groups is 1. The summed E-state index contributed by atoms with van der Waals surface area (Å²) in [5.41, 5.74) is 1.17. The van der Waals surface area contributed by atoms with Crippen LogP contribution in [0, 0.1) is 11.3 Å². The maximum atomic E-state index is 13.1. The number of fused-ring (bicyclic) bond motifs is 1. The molecule has 0 unspecified atom stereocenters. The topological polar surface area (TPSA) is 128 Å². The molecule has 10 heteroatoms. The van der Waals surface area contributed by atoms with Gasteiger partial charge in [-0.3, -0.25) is 18.8 Å². The third-order valence-corrected chi connectivity index (χ3v) is 7.90. The predicted octanol–water partition coefficient (Wildman–Crippen LogP) is 1.92. The molecule has 0 aromatic heterocycles. The molecule has 1 atom stereocenters. The second kappa shape index (κ2) is 8.01. The van der Waals surface area contributed by atoms with E-state index in [0.717, 1.165) is 10.5 Å². The second-order valence-electron chi connectivity index (χ2n) is 8.12. The number of rotatable bonds is 6. The van der Waals surface area contributed by atoms with Gasteiger partial charge in [-0.15, -0.1) is 0 Å². The lowest BCUT2D eigenvalue weighted by molar-refractivity contribution is -0.130. The molecule has 0 aliphatic carbocycles. The van der Waals surface area contributed by atoms with Crippen molar-refractivity contribution in [3.05, 3.63) is 64.7 Å². The zero-order chi connectivity index (χ0) is 24.0. The molecule has 0 bridgehead atoms. The Morgan fingerprint density at radius 2 is 1.88 bits per heavy atom. The fourth-order valence-corrected chi connectivity index (χ4v) is 5.30. The Labute approximate surface area is 191 Å². The van der Waals surface area contributed by atoms with Crippen LogP contribution in [0.1, 0.15) is 40.9 Å². The fourth-order valence-electron chi connectivity index (χ4n) is 4.14. The van der Waals surface area contributed by atoms with Crippen LogP contribution in [0.5, 0.6) is 0 Å². The van der Waals surface area contributed by atoms with E-state index in [0.29, 0.717) is 35.3 Å². The number of sulfonamides is 1. The summed E-state index contributed by atoms with van der Waals surface area (Å²) >= 11 is 0. The third kappa shape index (κ3) is 3.74. The first-order chi connectivity index (χ1) is 15.6. The zero-order valence-corrected chi connectivity index (χ0v) is 19.0. The van der Waals surface area contributed by atoms with Gasteiger partial charge in [0.05, 0.1) is 29.6 Å². The van der Waals surface area contributed by atoms with E-state index in [4.69, 9.17) is 5.26 Å². The van der Waals surface area contributed by atoms with Gasteiger partial charge < -0.3 is 5.32 Å². The lowest BCUT2D eigenvalue weighted by Crippen LogP contribution is -2.41. The molecular weight excluding hydrogens is 444 g/mol. The van der Waals surface area contributed by atoms with Gasteiger partial charge in [0.2, 0.25) is 10.0 Å². The first kappa shape index (κ1) is 22.5. The highest BCUT2D eigenvalue weighted by Crippen LogP contribution is 2.32. The number of imide groups is 1. The second-order valence-corrected chi connectivity index (χ2v) is 10.3. The first-order valence-electron chi connectivity index (χ1n) is 10.4. The van der Waals surface area contributed by atoms with Gasteiger partial charge in [-0.1, -0.05) is 12.1 Å². The minimum atomic E-state index is -3.40. The van der Waals surface area contributed by atoms with Crippen LogP contribution < -0.4 is 9.62 Å². The molecule has 0 saturated carbocycles. The largest absolute Gasteiger partial charge is 0.325 e. The van der Waals surface area contributed by atoms with E-state index in [1.165, 1.54) is 10.4 Å². The molecule has 9 nitrogen and oxygen atoms in total. The number of hydrogen-bond donors (Lipinski definition) is 1. The third-order valence-electron chi connectivity index (χ3n) is 6.12. The average Bonchev–Trinajstić information content (AvgIpc) is 3.34. The van der Waals surface area contributed by atoms with Gasteiger partial charge in [-0.05, 0) is 61.7 Å². The molecule has 2 aliphatic heterocycles. The normalized spacial score (nSPS) is 19.9. The van der Waals surface area contributed by atoms with Crippen LogP contribution >= 0.6 is 0 Å². The van der Waals surface area contributed by atoms with Crippen LogP contribution in [0.25, 0.3) is 0 Å². The van der Waals surface area contributed by atoms with E-state index in [1.54, 1.807) is 50.2 Å². The molecule has 2 aliphatic rings. The van der Waals surface area contributed by atoms with Crippen molar-refractivity contribution in [3.63, 3.8) is 0 Å². The average molecular weight is 467 g/mol. The number of hydrogen-bond acceptors (Lipinski definition) is 6. The molecule has 0 spiro atoms. The van der Waals surface area contributed by atoms with Crippen molar-refractivity contribution in [2.75, 3.05) is 23.1 Å². The van der Waals surface area contributed by atoms with Crippen molar-refractivity contribution in [1.29, 1.82) is 5.26 Å². The maximum absolute atomic E-state index is 13.1. The van der Waals surface area contributed by atoms with Gasteiger partial charge in [0.15, 0.2) is 5.78 Å². The molecule has 0 radical (unpaired) electrons. The van der Waals surface area contributed by atoms with Gasteiger partial charge in [-0.2, -0.15) is 5.26 Å². The molecule has 1 fully saturated rings. The Balaban J connectivity index is 1.54. The van der Waals surface area contributed by atoms with Crippen LogP contribution in [0.4, 0.5) is 10.5 Å². The van der Waals surface area contributed by atoms with E-state index in [2.05, 4.69) is 5.32 Å². The van der Waals surface area contributed by atoms with Crippen LogP contribution in [0.2, 0.25) is 0 Å². The number of nitrogens with one attached hydrogen (secondary N) is 1. The minimum absolute atomic E-state index is 0.0166. The Bertz CT molecular complexity index is 1310. The lowest BCUT2D eigenvalue weighted by atomic mass is 9.91. The molecule has 33 heavy (non-hydrogen) atoms. The fraction of sp³-hybridized carbons (Fsp3) is 0.304. The number of carbonyl (C=O) groups is 3. The standard InChI is InChI=1S/C23H22N4O5S/c1-3-33(31,32)27-11-10-16-12-17(6-9-19(16)27)20(28)14-26-21(29)23(2,25-22(26)30)18-7-4-15(13-24)5-8-18/h4-9,12H,3,10-11,14H2,1-2H3,(H,25,30)/t23-/m1/s1. The van der Waals surface area contributed by atoms with Gasteiger partial charge in [-0.25, -0.2) is 13.2 Å². The van der Waals surface area contributed by atoms with E-state index in [1.807, 2.05) is 6.07 Å². The summed E-state index contributed by atoms with van der Waals surface area (Å²) in [5, 5.41) is 11.6. The Kier molecular flexibility index (Phi) is 5.46. The van der Waals surface area contributed by atoms with Gasteiger partial charge in [0, 0.05) is 12.1 Å². The van der Waals surface area contributed by atoms with E-state index in [9.17, 15) is 22.8 Å². The monoisotopic (exact) mass is 466 g/mol. The minimum Gasteiger partial charge on any atom is -0.319 e. The Hall–Kier alpha value is -3.71. The molecule has 2 aromatic rings. The van der Waals surface area contributed by atoms with Crippen LogP contribution in [0.15, 0.2) is 42.5 Å². The summed E-state index contributed by atoms with van der Waals surface area (Å²) in [7, 11) is -3.40. The number of ketones is 1. The number of benzene rings is 2. The van der Waals surface area contributed by atoms with Crippen LogP contribution in [-0.4, -0.2) is 49.9 Å². The summed E-state index contributed by atoms with van der Waals surface area (Å²) in [4.78, 5) is 39.4. The highest BCUT2D eigenvalue weighted by Gasteiger charge is 2.49. The first-order valence-corrected chi connectivity index (χ1v) is 12.0. The number of Topliss-reactive ketones (excluding diaryl/α,β-unsaturated/α-hetero) is 1. The van der Waals surface area contributed by atoms with Crippen molar-refractivity contribution in [1.82, 2.24) is 10.2 Å². The van der Waals surface area contributed by atoms with Crippen molar-refractivity contribution in [3.8, 4) is 6.07 Å². The molecule has 1 N–H and O–H groups in total. The number of nitrogens with zero attached hydrogens (tertiary/aromatic N) is 3. The summed E-state index contributed by atoms with van der Waals surface area (Å²) in [5.74, 6) is -1.01. The molecule has 1 saturated heterocycles. The van der Waals surface area contributed by atoms with Crippen LogP contribution in [0.3, 0.4) is 0 Å². The molecule has 170 valence electrons. The van der Waals surface area contributed by atoms with Crippen molar-refractivity contribution in [2.45, 2.75) is 25.8 Å². The summed E-state index contributed by atoms with van der Waals surface area (Å²) in [6.45, 7) is 3.01. The summed E-state index contributed by atoms with van der Waals surface area (Å²) in [6.07, 6.45) is 0.482. The van der Waals surface area contributed by atoms with Crippen molar-refractivity contribution >= 4 is 33.4 Å². The van der Waals surface area contributed by atoms with Gasteiger partial charge in [0.25, 0.3) is 5.91 Å². The molecule has 2 heterocycles. The summed E-state index contributed by atoms with van der Waals surface area (Å²) < 4.78 is 25.9. The lowest BCUT2D eigenvalue weighted by Gasteiger charge is -2.22. The SMILES string of the molecule is CCS(=O)(=O)N1CCc2cc(C(=O)CN3C(=O)N[C@](C)(c4ccc(C#N)cc4)C3=O)ccc21. The number of nitriles is 1. The highest BCUT2D eigenvalue weighted by molar-refractivity contribution is 7.92. The summed E-state index contributed by atoms with van der Waals surface area (Å²) in [6, 6.07) is 12.4. The number of amides is 3. The molecule has 3 amide bonds. The van der Waals surface area contributed by atoms with E-state index in [-0.39, 0.29) is 5.75 Å². The van der Waals surface area contributed by atoms with Crippen LogP contribution in [-0.2, 0) is 26.8 Å². The highest BCUT2D eigenvalue weighted by atomic mass is 32.2. The smallest absolute Gasteiger partial charge is 0.319 e. The maximum Gasteiger partial charge on any atom is 0.325 e. The number of anilines is 1. The van der Waals surface area contributed by atoms with Crippen molar-refractivity contribution in [2.24, 2.45) is 0 Å². The van der Waals surface area contributed by atoms with Gasteiger partial charge in [0.1, 0.15) is 5.54 Å². The quantitative estimate of drug-likeness (QED) is 0.512. The molecule has 2 aromatic carbocycles. The van der Waals surface area contributed by atoms with Gasteiger partial charge >= 0.3 is 6.03 Å². The predicted molar refractivity (Wildman–Crippen MR) is 120 cm³/mol.